The summed E-state index contributed by atoms with van der Waals surface area (Å²) in [5.74, 6) is 0. The number of rotatable bonds is 6. The molecule has 0 aliphatic heterocycles. The molecule has 3 N–H and O–H groups in total. The fourth-order valence-corrected chi connectivity index (χ4v) is 3.05. The Morgan fingerprint density at radius 2 is 2.15 bits per heavy atom. The van der Waals surface area contributed by atoms with Crippen molar-refractivity contribution in [1.29, 1.82) is 0 Å². The van der Waals surface area contributed by atoms with Gasteiger partial charge in [0.2, 0.25) is 10.0 Å². The zero-order valence-electron chi connectivity index (χ0n) is 11.6. The van der Waals surface area contributed by atoms with Crippen molar-refractivity contribution in [1.82, 2.24) is 19.1 Å². The fraction of sp³-hybridized carbons (Fsp3) is 0.417. The molecule has 0 unspecified atom stereocenters. The van der Waals surface area contributed by atoms with Gasteiger partial charge in [-0.05, 0) is 12.1 Å². The summed E-state index contributed by atoms with van der Waals surface area (Å²) in [6.45, 7) is 0.617. The minimum absolute atomic E-state index is 0.237. The van der Waals surface area contributed by atoms with Gasteiger partial charge in [-0.3, -0.25) is 4.68 Å². The fourth-order valence-electron chi connectivity index (χ4n) is 1.92. The summed E-state index contributed by atoms with van der Waals surface area (Å²) in [6.07, 6.45) is 3.94. The zero-order valence-corrected chi connectivity index (χ0v) is 12.4. The third-order valence-electron chi connectivity index (χ3n) is 3.04. The van der Waals surface area contributed by atoms with Gasteiger partial charge in [0.15, 0.2) is 0 Å². The van der Waals surface area contributed by atoms with E-state index in [0.29, 0.717) is 19.5 Å². The van der Waals surface area contributed by atoms with Crippen molar-refractivity contribution in [2.75, 3.05) is 6.54 Å². The van der Waals surface area contributed by atoms with Crippen molar-refractivity contribution < 1.29 is 8.42 Å². The summed E-state index contributed by atoms with van der Waals surface area (Å²) in [5, 5.41) is 4.20. The summed E-state index contributed by atoms with van der Waals surface area (Å²) >= 11 is 0. The Kier molecular flexibility index (Phi) is 4.26. The molecule has 0 fully saturated rings. The average molecular weight is 297 g/mol. The van der Waals surface area contributed by atoms with E-state index in [2.05, 4.69) is 9.82 Å². The van der Waals surface area contributed by atoms with E-state index in [0.717, 1.165) is 11.4 Å². The molecule has 0 amide bonds. The van der Waals surface area contributed by atoms with Crippen LogP contribution in [0.3, 0.4) is 0 Å². The van der Waals surface area contributed by atoms with Gasteiger partial charge in [-0.15, -0.1) is 0 Å². The van der Waals surface area contributed by atoms with E-state index in [1.807, 2.05) is 19.3 Å². The number of nitrogens with two attached hydrogens (primary N) is 1. The van der Waals surface area contributed by atoms with Gasteiger partial charge in [-0.2, -0.15) is 5.10 Å². The Morgan fingerprint density at radius 1 is 1.40 bits per heavy atom. The first-order valence-electron chi connectivity index (χ1n) is 6.26. The van der Waals surface area contributed by atoms with E-state index < -0.39 is 10.0 Å². The van der Waals surface area contributed by atoms with Gasteiger partial charge < -0.3 is 10.3 Å². The van der Waals surface area contributed by atoms with Crippen LogP contribution in [0, 0.1) is 0 Å². The zero-order chi connectivity index (χ0) is 14.8. The molecular weight excluding hydrogens is 278 g/mol. The number of nitrogens with one attached hydrogen (secondary N) is 1. The van der Waals surface area contributed by atoms with Crippen LogP contribution in [0.25, 0.3) is 0 Å². The van der Waals surface area contributed by atoms with E-state index >= 15 is 0 Å². The van der Waals surface area contributed by atoms with Crippen LogP contribution in [-0.4, -0.2) is 29.3 Å². The lowest BCUT2D eigenvalue weighted by Gasteiger charge is -2.03. The Hall–Kier alpha value is -1.64. The number of hydrogen-bond acceptors (Lipinski definition) is 4. The molecule has 0 bridgehead atoms. The first kappa shape index (κ1) is 14.8. The predicted octanol–water partition coefficient (Wildman–Crippen LogP) is -0.262. The first-order chi connectivity index (χ1) is 9.42. The SMILES string of the molecule is Cn1ccc(CCNS(=O)(=O)c2cc(CN)n(C)c2)n1. The normalized spacial score (nSPS) is 11.9. The van der Waals surface area contributed by atoms with E-state index in [1.165, 1.54) is 0 Å². The van der Waals surface area contributed by atoms with Crippen molar-refractivity contribution in [2.45, 2.75) is 17.9 Å². The van der Waals surface area contributed by atoms with Crippen LogP contribution in [-0.2, 0) is 37.1 Å². The Bertz CT molecular complexity index is 687. The number of hydrogen-bond donors (Lipinski definition) is 2. The van der Waals surface area contributed by atoms with Crippen LogP contribution < -0.4 is 10.5 Å². The summed E-state index contributed by atoms with van der Waals surface area (Å²) in [5.41, 5.74) is 7.17. The minimum atomic E-state index is -3.50. The van der Waals surface area contributed by atoms with Crippen molar-refractivity contribution in [3.05, 3.63) is 35.9 Å². The molecule has 2 heterocycles. The maximum Gasteiger partial charge on any atom is 0.242 e. The Balaban J connectivity index is 2.00. The van der Waals surface area contributed by atoms with Crippen LogP contribution in [0.1, 0.15) is 11.4 Å². The van der Waals surface area contributed by atoms with Gasteiger partial charge in [0.1, 0.15) is 0 Å². The summed E-state index contributed by atoms with van der Waals surface area (Å²) < 4.78 is 30.2. The van der Waals surface area contributed by atoms with Crippen LogP contribution in [0.2, 0.25) is 0 Å². The molecule has 0 spiro atoms. The van der Waals surface area contributed by atoms with Crippen LogP contribution in [0.5, 0.6) is 0 Å². The second-order valence-electron chi connectivity index (χ2n) is 4.61. The van der Waals surface area contributed by atoms with E-state index in [-0.39, 0.29) is 4.90 Å². The lowest BCUT2D eigenvalue weighted by molar-refractivity contribution is 0.581. The molecule has 2 aromatic rings. The summed E-state index contributed by atoms with van der Waals surface area (Å²) in [6, 6.07) is 3.45. The molecular formula is C12H19N5O2S. The molecule has 2 aromatic heterocycles. The van der Waals surface area contributed by atoms with Gasteiger partial charge in [0.05, 0.1) is 10.6 Å². The Labute approximate surface area is 118 Å². The largest absolute Gasteiger partial charge is 0.352 e. The van der Waals surface area contributed by atoms with Crippen LogP contribution in [0.4, 0.5) is 0 Å². The molecule has 0 atom stereocenters. The predicted molar refractivity (Wildman–Crippen MR) is 75.4 cm³/mol. The third-order valence-corrected chi connectivity index (χ3v) is 4.47. The molecule has 20 heavy (non-hydrogen) atoms. The first-order valence-corrected chi connectivity index (χ1v) is 7.74. The minimum Gasteiger partial charge on any atom is -0.352 e. The summed E-state index contributed by atoms with van der Waals surface area (Å²) in [7, 11) is 0.102. The maximum atomic E-state index is 12.1. The molecule has 110 valence electrons. The highest BCUT2D eigenvalue weighted by molar-refractivity contribution is 7.89. The number of sulfonamides is 1. The molecule has 0 radical (unpaired) electrons. The van der Waals surface area contributed by atoms with Crippen molar-refractivity contribution in [2.24, 2.45) is 19.8 Å². The van der Waals surface area contributed by atoms with E-state index in [4.69, 9.17) is 5.73 Å². The van der Waals surface area contributed by atoms with Crippen molar-refractivity contribution in [3.63, 3.8) is 0 Å². The second-order valence-corrected chi connectivity index (χ2v) is 6.38. The van der Waals surface area contributed by atoms with E-state index in [1.54, 1.807) is 28.6 Å². The standard InChI is InChI=1S/C12H19N5O2S/c1-16-9-12(7-11(16)8-13)20(18,19)14-5-3-10-4-6-17(2)15-10/h4,6-7,9,14H,3,5,8,13H2,1-2H3. The Morgan fingerprint density at radius 3 is 2.70 bits per heavy atom. The van der Waals surface area contributed by atoms with Crippen LogP contribution in [0.15, 0.2) is 29.4 Å². The molecule has 0 saturated carbocycles. The van der Waals surface area contributed by atoms with Crippen molar-refractivity contribution >= 4 is 10.0 Å². The lowest BCUT2D eigenvalue weighted by atomic mass is 10.3. The van der Waals surface area contributed by atoms with Crippen molar-refractivity contribution in [3.8, 4) is 0 Å². The van der Waals surface area contributed by atoms with Gasteiger partial charge in [-0.25, -0.2) is 13.1 Å². The maximum absolute atomic E-state index is 12.1. The van der Waals surface area contributed by atoms with Crippen LogP contribution >= 0.6 is 0 Å². The monoisotopic (exact) mass is 297 g/mol. The van der Waals surface area contributed by atoms with Gasteiger partial charge in [0, 0.05) is 51.7 Å². The molecule has 0 saturated heterocycles. The molecule has 2 rings (SSSR count). The highest BCUT2D eigenvalue weighted by Gasteiger charge is 2.16. The number of aryl methyl sites for hydroxylation is 2. The molecule has 0 aliphatic carbocycles. The number of aromatic nitrogens is 3. The highest BCUT2D eigenvalue weighted by Crippen LogP contribution is 2.12. The van der Waals surface area contributed by atoms with Gasteiger partial charge in [-0.1, -0.05) is 0 Å². The summed E-state index contributed by atoms with van der Waals surface area (Å²) in [4.78, 5) is 0.237. The highest BCUT2D eigenvalue weighted by atomic mass is 32.2. The molecule has 0 aromatic carbocycles. The van der Waals surface area contributed by atoms with Gasteiger partial charge in [0.25, 0.3) is 0 Å². The van der Waals surface area contributed by atoms with Gasteiger partial charge >= 0.3 is 0 Å². The lowest BCUT2D eigenvalue weighted by Crippen LogP contribution is -2.25. The van der Waals surface area contributed by atoms with E-state index in [9.17, 15) is 8.42 Å². The number of nitrogens with zero attached hydrogens (tertiary/aromatic N) is 3. The quantitative estimate of drug-likeness (QED) is 0.768. The third kappa shape index (κ3) is 3.27. The molecule has 8 heteroatoms. The molecule has 0 aliphatic rings. The smallest absolute Gasteiger partial charge is 0.242 e. The topological polar surface area (TPSA) is 94.9 Å². The average Bonchev–Trinajstić information content (AvgIpc) is 2.95. The second kappa shape index (κ2) is 5.78. The molecule has 7 nitrogen and oxygen atoms in total.